The largest absolute Gasteiger partial charge is 0.403 e. The summed E-state index contributed by atoms with van der Waals surface area (Å²) in [6.45, 7) is 1.88. The van der Waals surface area contributed by atoms with Crippen LogP contribution in [-0.4, -0.2) is 12.4 Å². The van der Waals surface area contributed by atoms with Crippen LogP contribution in [0, 0.1) is 12.3 Å². The molecule has 1 saturated carbocycles. The monoisotopic (exact) mass is 310 g/mol. The lowest BCUT2D eigenvalue weighted by Crippen LogP contribution is -2.51. The smallest absolute Gasteiger partial charge is 0.170 e. The Morgan fingerprint density at radius 2 is 1.29 bits per heavy atom. The van der Waals surface area contributed by atoms with Crippen molar-refractivity contribution in [3.63, 3.8) is 0 Å². The highest BCUT2D eigenvalue weighted by Crippen LogP contribution is 2.60. The molecule has 1 aliphatic carbocycles. The topological polar surface area (TPSA) is 0 Å². The van der Waals surface area contributed by atoms with E-state index in [4.69, 9.17) is 0 Å². The van der Waals surface area contributed by atoms with Gasteiger partial charge in [-0.3, -0.25) is 0 Å². The van der Waals surface area contributed by atoms with E-state index in [1.807, 2.05) is 19.1 Å². The van der Waals surface area contributed by atoms with E-state index in [-0.39, 0.29) is 18.8 Å². The number of rotatable bonds is 1. The molecular weight excluding hydrogens is 294 g/mol. The Bertz CT molecular complexity index is 458. The van der Waals surface area contributed by atoms with Crippen molar-refractivity contribution in [1.29, 1.82) is 0 Å². The predicted octanol–water partition coefficient (Wildman–Crippen LogP) is 5.76. The van der Waals surface area contributed by atoms with E-state index in [0.717, 1.165) is 11.1 Å². The molecule has 2 rings (SSSR count). The maximum Gasteiger partial charge on any atom is 0.403 e. The zero-order chi connectivity index (χ0) is 15.9. The first-order chi connectivity index (χ1) is 9.57. The van der Waals surface area contributed by atoms with Crippen molar-refractivity contribution in [2.24, 2.45) is 5.41 Å². The number of alkyl halides is 6. The molecule has 1 aromatic carbocycles. The lowest BCUT2D eigenvalue weighted by atomic mass is 9.68. The summed E-state index contributed by atoms with van der Waals surface area (Å²) < 4.78 is 77.7. The molecule has 118 valence electrons. The van der Waals surface area contributed by atoms with Crippen molar-refractivity contribution in [3.8, 4) is 0 Å². The van der Waals surface area contributed by atoms with Gasteiger partial charge in [0, 0.05) is 0 Å². The zero-order valence-electron chi connectivity index (χ0n) is 11.5. The van der Waals surface area contributed by atoms with Crippen LogP contribution in [0.4, 0.5) is 26.3 Å². The zero-order valence-corrected chi connectivity index (χ0v) is 11.5. The highest BCUT2D eigenvalue weighted by atomic mass is 19.4. The summed E-state index contributed by atoms with van der Waals surface area (Å²) in [6.07, 6.45) is -12.5. The van der Waals surface area contributed by atoms with Crippen LogP contribution in [0.15, 0.2) is 24.3 Å². The average Bonchev–Trinajstić information content (AvgIpc) is 2.37. The van der Waals surface area contributed by atoms with E-state index in [0.29, 0.717) is 0 Å². The summed E-state index contributed by atoms with van der Waals surface area (Å²) in [5.41, 5.74) is -1.71. The van der Waals surface area contributed by atoms with Crippen LogP contribution in [0.5, 0.6) is 0 Å². The van der Waals surface area contributed by atoms with Crippen molar-refractivity contribution in [2.45, 2.75) is 50.9 Å². The van der Waals surface area contributed by atoms with Crippen LogP contribution in [0.1, 0.15) is 42.7 Å². The lowest BCUT2D eigenvalue weighted by molar-refractivity contribution is -0.350. The third kappa shape index (κ3) is 2.90. The quantitative estimate of drug-likeness (QED) is 0.578. The van der Waals surface area contributed by atoms with Crippen molar-refractivity contribution in [3.05, 3.63) is 35.4 Å². The van der Waals surface area contributed by atoms with Gasteiger partial charge in [0.05, 0.1) is 0 Å². The number of hydrogen-bond donors (Lipinski definition) is 0. The summed E-state index contributed by atoms with van der Waals surface area (Å²) in [5, 5.41) is 0. The summed E-state index contributed by atoms with van der Waals surface area (Å²) in [7, 11) is 0. The van der Waals surface area contributed by atoms with Gasteiger partial charge in [-0.05, 0) is 44.1 Å². The lowest BCUT2D eigenvalue weighted by Gasteiger charge is -2.42. The first kappa shape index (κ1) is 16.2. The fourth-order valence-electron chi connectivity index (χ4n) is 3.01. The second-order valence-electron chi connectivity index (χ2n) is 5.76. The van der Waals surface area contributed by atoms with E-state index in [1.165, 1.54) is 0 Å². The molecule has 1 aliphatic rings. The Labute approximate surface area is 119 Å². The molecular formula is C15H16F6. The van der Waals surface area contributed by atoms with Gasteiger partial charge in [0.2, 0.25) is 0 Å². The highest BCUT2D eigenvalue weighted by Gasteiger charge is 2.70. The second-order valence-corrected chi connectivity index (χ2v) is 5.76. The Balaban J connectivity index is 2.19. The van der Waals surface area contributed by atoms with Gasteiger partial charge in [0.25, 0.3) is 0 Å². The third-order valence-electron chi connectivity index (χ3n) is 4.47. The van der Waals surface area contributed by atoms with Gasteiger partial charge in [-0.1, -0.05) is 29.8 Å². The number of hydrogen-bond acceptors (Lipinski definition) is 0. The molecule has 0 N–H and O–H groups in total. The van der Waals surface area contributed by atoms with Crippen LogP contribution < -0.4 is 0 Å². The molecule has 0 nitrogen and oxygen atoms in total. The minimum atomic E-state index is -5.25. The SMILES string of the molecule is Cc1ccc(C2CCC(C(F)(F)F)(C(F)(F)F)CC2)cc1. The number of halogens is 6. The maximum absolute atomic E-state index is 13.0. The standard InChI is InChI=1S/C15H16F6/c1-10-2-4-11(5-3-10)12-6-8-13(9-7-12,14(16,17)18)15(19,20)21/h2-5,12H,6-9H2,1H3. The van der Waals surface area contributed by atoms with Gasteiger partial charge in [0.15, 0.2) is 5.41 Å². The minimum absolute atomic E-state index is 0.0952. The van der Waals surface area contributed by atoms with Crippen molar-refractivity contribution < 1.29 is 26.3 Å². The number of benzene rings is 1. The van der Waals surface area contributed by atoms with Crippen LogP contribution in [0.25, 0.3) is 0 Å². The molecule has 1 fully saturated rings. The van der Waals surface area contributed by atoms with E-state index in [1.54, 1.807) is 12.1 Å². The van der Waals surface area contributed by atoms with Gasteiger partial charge in [-0.25, -0.2) is 0 Å². The third-order valence-corrected chi connectivity index (χ3v) is 4.47. The molecule has 0 heterocycles. The van der Waals surface area contributed by atoms with Crippen LogP contribution >= 0.6 is 0 Å². The van der Waals surface area contributed by atoms with Gasteiger partial charge in [-0.15, -0.1) is 0 Å². The summed E-state index contributed by atoms with van der Waals surface area (Å²) in [6, 6.07) is 7.22. The molecule has 0 radical (unpaired) electrons. The summed E-state index contributed by atoms with van der Waals surface area (Å²) in [4.78, 5) is 0. The Morgan fingerprint density at radius 3 is 1.67 bits per heavy atom. The van der Waals surface area contributed by atoms with Gasteiger partial charge < -0.3 is 0 Å². The molecule has 1 aromatic rings. The molecule has 0 bridgehead atoms. The fourth-order valence-corrected chi connectivity index (χ4v) is 3.01. The van der Waals surface area contributed by atoms with E-state index in [2.05, 4.69) is 0 Å². The first-order valence-corrected chi connectivity index (χ1v) is 6.77. The van der Waals surface area contributed by atoms with Crippen molar-refractivity contribution >= 4 is 0 Å². The van der Waals surface area contributed by atoms with E-state index in [9.17, 15) is 26.3 Å². The van der Waals surface area contributed by atoms with E-state index >= 15 is 0 Å². The normalized spacial score (nSPS) is 20.5. The van der Waals surface area contributed by atoms with Crippen molar-refractivity contribution in [2.75, 3.05) is 0 Å². The summed E-state index contributed by atoms with van der Waals surface area (Å²) >= 11 is 0. The first-order valence-electron chi connectivity index (χ1n) is 6.77. The van der Waals surface area contributed by atoms with Crippen LogP contribution in [0.2, 0.25) is 0 Å². The van der Waals surface area contributed by atoms with E-state index < -0.39 is 30.6 Å². The Kier molecular flexibility index (Phi) is 4.02. The van der Waals surface area contributed by atoms with Gasteiger partial charge in [-0.2, -0.15) is 26.3 Å². The molecule has 0 amide bonds. The molecule has 0 aromatic heterocycles. The number of aryl methyl sites for hydroxylation is 1. The van der Waals surface area contributed by atoms with Gasteiger partial charge >= 0.3 is 12.4 Å². The Morgan fingerprint density at radius 1 is 0.857 bits per heavy atom. The molecule has 0 unspecified atom stereocenters. The fraction of sp³-hybridized carbons (Fsp3) is 0.600. The maximum atomic E-state index is 13.0. The molecule has 0 saturated heterocycles. The molecule has 0 aliphatic heterocycles. The van der Waals surface area contributed by atoms with Crippen molar-refractivity contribution in [1.82, 2.24) is 0 Å². The minimum Gasteiger partial charge on any atom is -0.170 e. The highest BCUT2D eigenvalue weighted by molar-refractivity contribution is 5.25. The van der Waals surface area contributed by atoms with Gasteiger partial charge in [0.1, 0.15) is 0 Å². The molecule has 0 spiro atoms. The predicted molar refractivity (Wildman–Crippen MR) is 66.9 cm³/mol. The molecule has 6 heteroatoms. The van der Waals surface area contributed by atoms with Crippen LogP contribution in [-0.2, 0) is 0 Å². The molecule has 21 heavy (non-hydrogen) atoms. The summed E-state index contributed by atoms with van der Waals surface area (Å²) in [5.74, 6) is -0.233. The molecule has 0 atom stereocenters. The van der Waals surface area contributed by atoms with Crippen LogP contribution in [0.3, 0.4) is 0 Å². The second kappa shape index (κ2) is 5.21. The average molecular weight is 310 g/mol. The Hall–Kier alpha value is -1.20.